The molecule has 5 nitrogen and oxygen atoms in total. The van der Waals surface area contributed by atoms with E-state index in [-0.39, 0.29) is 18.1 Å². The van der Waals surface area contributed by atoms with Gasteiger partial charge in [-0.3, -0.25) is 4.79 Å². The normalized spacial score (nSPS) is 10.2. The van der Waals surface area contributed by atoms with Gasteiger partial charge < -0.3 is 4.74 Å². The first kappa shape index (κ1) is 11.3. The summed E-state index contributed by atoms with van der Waals surface area (Å²) in [6, 6.07) is 4.57. The van der Waals surface area contributed by atoms with Crippen molar-refractivity contribution < 1.29 is 13.9 Å². The van der Waals surface area contributed by atoms with Crippen LogP contribution in [0.2, 0.25) is 0 Å². The minimum atomic E-state index is -0.382. The van der Waals surface area contributed by atoms with Crippen molar-refractivity contribution in [3.8, 4) is 5.75 Å². The molecule has 0 aliphatic carbocycles. The first-order chi connectivity index (χ1) is 8.22. The lowest BCUT2D eigenvalue weighted by atomic mass is 10.2. The Bertz CT molecular complexity index is 539. The van der Waals surface area contributed by atoms with Crippen LogP contribution in [0.4, 0.5) is 4.39 Å². The number of carbonyl (C=O) groups is 1. The van der Waals surface area contributed by atoms with Crippen molar-refractivity contribution in [2.75, 3.05) is 7.11 Å². The van der Waals surface area contributed by atoms with E-state index in [1.165, 1.54) is 24.1 Å². The van der Waals surface area contributed by atoms with Crippen LogP contribution in [-0.2, 0) is 6.54 Å². The van der Waals surface area contributed by atoms with Gasteiger partial charge in [-0.2, -0.15) is 0 Å². The average Bonchev–Trinajstić information content (AvgIpc) is 2.79. The summed E-state index contributed by atoms with van der Waals surface area (Å²) in [5.41, 5.74) is 0.673. The number of rotatable bonds is 4. The predicted octanol–water partition coefficient (Wildman–Crippen LogP) is 1.29. The first-order valence-corrected chi connectivity index (χ1v) is 4.90. The molecular formula is C11H10FN3O2. The number of ether oxygens (including phenoxy) is 1. The van der Waals surface area contributed by atoms with Gasteiger partial charge in [0.25, 0.3) is 0 Å². The highest BCUT2D eigenvalue weighted by molar-refractivity contribution is 5.70. The van der Waals surface area contributed by atoms with E-state index in [1.807, 2.05) is 0 Å². The molecule has 1 heterocycles. The molecule has 0 aliphatic rings. The minimum absolute atomic E-state index is 0.219. The lowest BCUT2D eigenvalue weighted by Gasteiger charge is -2.05. The van der Waals surface area contributed by atoms with E-state index in [1.54, 1.807) is 12.1 Å². The standard InChI is InChI=1S/C11H10FN3O2/c1-17-10-3-2-8(11(12)4-10)5-15-6-9(7-16)13-14-15/h2-4,6-7H,5H2,1H3. The zero-order valence-corrected chi connectivity index (χ0v) is 9.13. The van der Waals surface area contributed by atoms with Gasteiger partial charge in [0.15, 0.2) is 6.29 Å². The van der Waals surface area contributed by atoms with E-state index in [9.17, 15) is 9.18 Å². The molecule has 0 radical (unpaired) electrons. The summed E-state index contributed by atoms with van der Waals surface area (Å²) >= 11 is 0. The van der Waals surface area contributed by atoms with Gasteiger partial charge in [0, 0.05) is 11.6 Å². The number of aldehydes is 1. The van der Waals surface area contributed by atoms with Crippen LogP contribution >= 0.6 is 0 Å². The monoisotopic (exact) mass is 235 g/mol. The molecule has 0 aliphatic heterocycles. The van der Waals surface area contributed by atoms with E-state index in [0.29, 0.717) is 17.6 Å². The third-order valence-electron chi connectivity index (χ3n) is 2.27. The lowest BCUT2D eigenvalue weighted by Crippen LogP contribution is -2.03. The summed E-state index contributed by atoms with van der Waals surface area (Å²) in [4.78, 5) is 10.4. The molecular weight excluding hydrogens is 225 g/mol. The molecule has 0 atom stereocenters. The quantitative estimate of drug-likeness (QED) is 0.749. The van der Waals surface area contributed by atoms with Crippen molar-refractivity contribution in [3.63, 3.8) is 0 Å². The molecule has 0 saturated heterocycles. The van der Waals surface area contributed by atoms with Gasteiger partial charge in [-0.1, -0.05) is 11.3 Å². The molecule has 88 valence electrons. The second kappa shape index (κ2) is 4.73. The largest absolute Gasteiger partial charge is 0.497 e. The number of nitrogens with zero attached hydrogens (tertiary/aromatic N) is 3. The van der Waals surface area contributed by atoms with Crippen LogP contribution in [0, 0.1) is 5.82 Å². The Morgan fingerprint density at radius 1 is 1.53 bits per heavy atom. The molecule has 1 aromatic carbocycles. The van der Waals surface area contributed by atoms with Crippen LogP contribution < -0.4 is 4.74 Å². The van der Waals surface area contributed by atoms with E-state index < -0.39 is 0 Å². The predicted molar refractivity (Wildman–Crippen MR) is 57.5 cm³/mol. The van der Waals surface area contributed by atoms with Crippen molar-refractivity contribution in [1.29, 1.82) is 0 Å². The van der Waals surface area contributed by atoms with E-state index in [2.05, 4.69) is 10.3 Å². The van der Waals surface area contributed by atoms with Crippen molar-refractivity contribution in [3.05, 3.63) is 41.5 Å². The van der Waals surface area contributed by atoms with Gasteiger partial charge in [-0.05, 0) is 6.07 Å². The summed E-state index contributed by atoms with van der Waals surface area (Å²) in [6.07, 6.45) is 2.05. The number of benzene rings is 1. The maximum atomic E-state index is 13.6. The van der Waals surface area contributed by atoms with Gasteiger partial charge in [0.05, 0.1) is 19.9 Å². The van der Waals surface area contributed by atoms with Gasteiger partial charge in [0.2, 0.25) is 0 Å². The zero-order chi connectivity index (χ0) is 12.3. The second-order valence-corrected chi connectivity index (χ2v) is 3.42. The number of hydrogen-bond acceptors (Lipinski definition) is 4. The SMILES string of the molecule is COc1ccc(Cn2cc(C=O)nn2)c(F)c1. The highest BCUT2D eigenvalue weighted by Gasteiger charge is 2.06. The van der Waals surface area contributed by atoms with Crippen molar-refractivity contribution in [2.45, 2.75) is 6.54 Å². The smallest absolute Gasteiger partial charge is 0.171 e. The topological polar surface area (TPSA) is 57.0 Å². The summed E-state index contributed by atoms with van der Waals surface area (Å²) < 4.78 is 19.9. The summed E-state index contributed by atoms with van der Waals surface area (Å²) in [6.45, 7) is 0.219. The summed E-state index contributed by atoms with van der Waals surface area (Å²) in [7, 11) is 1.47. The number of carbonyl (C=O) groups excluding carboxylic acids is 1. The van der Waals surface area contributed by atoms with Crippen LogP contribution in [0.1, 0.15) is 16.1 Å². The Morgan fingerprint density at radius 3 is 2.94 bits per heavy atom. The van der Waals surface area contributed by atoms with Gasteiger partial charge >= 0.3 is 0 Å². The van der Waals surface area contributed by atoms with Crippen molar-refractivity contribution in [2.24, 2.45) is 0 Å². The second-order valence-electron chi connectivity index (χ2n) is 3.42. The molecule has 0 saturated carbocycles. The maximum Gasteiger partial charge on any atom is 0.171 e. The Labute approximate surface area is 96.8 Å². The molecule has 1 aromatic heterocycles. The first-order valence-electron chi connectivity index (χ1n) is 4.90. The highest BCUT2D eigenvalue weighted by Crippen LogP contribution is 2.16. The minimum Gasteiger partial charge on any atom is -0.497 e. The van der Waals surface area contributed by atoms with Crippen LogP contribution in [0.15, 0.2) is 24.4 Å². The number of hydrogen-bond donors (Lipinski definition) is 0. The van der Waals surface area contributed by atoms with Crippen molar-refractivity contribution >= 4 is 6.29 Å². The molecule has 17 heavy (non-hydrogen) atoms. The van der Waals surface area contributed by atoms with Gasteiger partial charge in [-0.15, -0.1) is 5.10 Å². The molecule has 0 N–H and O–H groups in total. The van der Waals surface area contributed by atoms with Crippen molar-refractivity contribution in [1.82, 2.24) is 15.0 Å². The maximum absolute atomic E-state index is 13.6. The molecule has 0 amide bonds. The lowest BCUT2D eigenvalue weighted by molar-refractivity contribution is 0.111. The average molecular weight is 235 g/mol. The fourth-order valence-electron chi connectivity index (χ4n) is 1.40. The third kappa shape index (κ3) is 2.47. The molecule has 0 spiro atoms. The number of aromatic nitrogens is 3. The fourth-order valence-corrected chi connectivity index (χ4v) is 1.40. The van der Waals surface area contributed by atoms with E-state index in [0.717, 1.165) is 0 Å². The van der Waals surface area contributed by atoms with E-state index in [4.69, 9.17) is 4.74 Å². The van der Waals surface area contributed by atoms with Crippen LogP contribution in [-0.4, -0.2) is 28.4 Å². The Kier molecular flexibility index (Phi) is 3.13. The van der Waals surface area contributed by atoms with Gasteiger partial charge in [0.1, 0.15) is 17.3 Å². The molecule has 2 rings (SSSR count). The fraction of sp³-hybridized carbons (Fsp3) is 0.182. The summed E-state index contributed by atoms with van der Waals surface area (Å²) in [5, 5.41) is 7.30. The Morgan fingerprint density at radius 2 is 2.35 bits per heavy atom. The zero-order valence-electron chi connectivity index (χ0n) is 9.13. The summed E-state index contributed by atoms with van der Waals surface area (Å²) in [5.74, 6) is 0.0749. The molecule has 0 bridgehead atoms. The molecule has 0 unspecified atom stereocenters. The Hall–Kier alpha value is -2.24. The Balaban J connectivity index is 2.20. The van der Waals surface area contributed by atoms with Gasteiger partial charge in [-0.25, -0.2) is 9.07 Å². The molecule has 0 fully saturated rings. The molecule has 2 aromatic rings. The third-order valence-corrected chi connectivity index (χ3v) is 2.27. The number of halogens is 1. The van der Waals surface area contributed by atoms with Crippen LogP contribution in [0.25, 0.3) is 0 Å². The van der Waals surface area contributed by atoms with Crippen LogP contribution in [0.3, 0.4) is 0 Å². The highest BCUT2D eigenvalue weighted by atomic mass is 19.1. The molecule has 6 heteroatoms. The number of methoxy groups -OCH3 is 1. The van der Waals surface area contributed by atoms with E-state index >= 15 is 0 Å². The van der Waals surface area contributed by atoms with Crippen LogP contribution in [0.5, 0.6) is 5.75 Å².